The zero-order chi connectivity index (χ0) is 11.8. The Hall–Kier alpha value is -2.50. The lowest BCUT2D eigenvalue weighted by molar-refractivity contribution is 1.08. The first kappa shape index (κ1) is 9.71. The molecular formula is C11H10N6. The van der Waals surface area contributed by atoms with Gasteiger partial charge in [-0.25, -0.2) is 9.38 Å². The summed E-state index contributed by atoms with van der Waals surface area (Å²) in [6, 6.07) is 3.65. The highest BCUT2D eigenvalue weighted by molar-refractivity contribution is 5.64. The molecule has 0 radical (unpaired) electrons. The minimum absolute atomic E-state index is 0.374. The largest absolute Gasteiger partial charge is 0.369 e. The second-order valence-electron chi connectivity index (χ2n) is 3.71. The van der Waals surface area contributed by atoms with Crippen LogP contribution in [0, 0.1) is 6.92 Å². The number of nitrogens with two attached hydrogens (primary N) is 1. The summed E-state index contributed by atoms with van der Waals surface area (Å²) in [5, 5.41) is 8.22. The van der Waals surface area contributed by atoms with Gasteiger partial charge in [0.1, 0.15) is 0 Å². The predicted molar refractivity (Wildman–Crippen MR) is 63.2 cm³/mol. The molecular weight excluding hydrogens is 216 g/mol. The smallest absolute Gasteiger partial charge is 0.207 e. The van der Waals surface area contributed by atoms with Gasteiger partial charge in [-0.3, -0.25) is 4.98 Å². The Balaban J connectivity index is 2.36. The SMILES string of the molecule is Cc1cnccc1-c1nnc2ccnc(N)n12. The number of nitrogens with zero attached hydrogens (tertiary/aromatic N) is 5. The van der Waals surface area contributed by atoms with Crippen molar-refractivity contribution in [2.75, 3.05) is 5.73 Å². The summed E-state index contributed by atoms with van der Waals surface area (Å²) in [5.74, 6) is 1.06. The number of anilines is 1. The van der Waals surface area contributed by atoms with Gasteiger partial charge in [0, 0.05) is 30.2 Å². The number of rotatable bonds is 1. The Bertz CT molecular complexity index is 687. The molecule has 0 saturated carbocycles. The first-order valence-corrected chi connectivity index (χ1v) is 5.14. The summed E-state index contributed by atoms with van der Waals surface area (Å²) < 4.78 is 1.72. The van der Waals surface area contributed by atoms with E-state index < -0.39 is 0 Å². The second-order valence-corrected chi connectivity index (χ2v) is 3.71. The highest BCUT2D eigenvalue weighted by Gasteiger charge is 2.12. The van der Waals surface area contributed by atoms with E-state index in [-0.39, 0.29) is 0 Å². The molecule has 0 unspecified atom stereocenters. The van der Waals surface area contributed by atoms with Gasteiger partial charge in [0.15, 0.2) is 11.5 Å². The molecule has 3 aromatic heterocycles. The van der Waals surface area contributed by atoms with E-state index in [9.17, 15) is 0 Å². The summed E-state index contributed by atoms with van der Waals surface area (Å²) in [6.45, 7) is 1.97. The first-order chi connectivity index (χ1) is 8.27. The number of hydrogen-bond acceptors (Lipinski definition) is 5. The van der Waals surface area contributed by atoms with Crippen LogP contribution in [0.1, 0.15) is 5.56 Å². The van der Waals surface area contributed by atoms with Crippen LogP contribution in [0.3, 0.4) is 0 Å². The van der Waals surface area contributed by atoms with Crippen LogP contribution in [0.15, 0.2) is 30.7 Å². The average Bonchev–Trinajstić information content (AvgIpc) is 2.75. The Labute approximate surface area is 97.2 Å². The van der Waals surface area contributed by atoms with Crippen molar-refractivity contribution in [2.24, 2.45) is 0 Å². The molecule has 0 bridgehead atoms. The van der Waals surface area contributed by atoms with E-state index >= 15 is 0 Å². The van der Waals surface area contributed by atoms with Gasteiger partial charge in [-0.1, -0.05) is 0 Å². The van der Waals surface area contributed by atoms with Crippen molar-refractivity contribution in [3.8, 4) is 11.4 Å². The van der Waals surface area contributed by atoms with Crippen LogP contribution in [-0.2, 0) is 0 Å². The molecule has 84 valence electrons. The van der Waals surface area contributed by atoms with Crippen LogP contribution < -0.4 is 5.73 Å². The van der Waals surface area contributed by atoms with Crippen molar-refractivity contribution < 1.29 is 0 Å². The Morgan fingerprint density at radius 3 is 2.88 bits per heavy atom. The van der Waals surface area contributed by atoms with Gasteiger partial charge < -0.3 is 5.73 Å². The second kappa shape index (κ2) is 3.51. The van der Waals surface area contributed by atoms with E-state index in [1.807, 2.05) is 13.0 Å². The molecule has 3 aromatic rings. The van der Waals surface area contributed by atoms with Crippen molar-refractivity contribution in [1.82, 2.24) is 24.6 Å². The summed E-state index contributed by atoms with van der Waals surface area (Å²) in [7, 11) is 0. The molecule has 2 N–H and O–H groups in total. The third-order valence-corrected chi connectivity index (χ3v) is 2.61. The van der Waals surface area contributed by atoms with Crippen molar-refractivity contribution in [2.45, 2.75) is 6.92 Å². The van der Waals surface area contributed by atoms with Crippen molar-refractivity contribution in [1.29, 1.82) is 0 Å². The highest BCUT2D eigenvalue weighted by atomic mass is 15.3. The van der Waals surface area contributed by atoms with Gasteiger partial charge in [0.2, 0.25) is 5.95 Å². The lowest BCUT2D eigenvalue weighted by atomic mass is 10.1. The minimum atomic E-state index is 0.374. The molecule has 6 heteroatoms. The molecule has 0 aliphatic rings. The Kier molecular flexibility index (Phi) is 2.01. The highest BCUT2D eigenvalue weighted by Crippen LogP contribution is 2.22. The van der Waals surface area contributed by atoms with Crippen LogP contribution in [-0.4, -0.2) is 24.6 Å². The van der Waals surface area contributed by atoms with Crippen LogP contribution in [0.4, 0.5) is 5.95 Å². The van der Waals surface area contributed by atoms with Crippen molar-refractivity contribution >= 4 is 11.6 Å². The van der Waals surface area contributed by atoms with Gasteiger partial charge in [-0.15, -0.1) is 10.2 Å². The van der Waals surface area contributed by atoms with Crippen LogP contribution >= 0.6 is 0 Å². The quantitative estimate of drug-likeness (QED) is 0.671. The van der Waals surface area contributed by atoms with E-state index in [4.69, 9.17) is 5.73 Å². The maximum Gasteiger partial charge on any atom is 0.207 e. The molecule has 6 nitrogen and oxygen atoms in total. The number of hydrogen-bond donors (Lipinski definition) is 1. The van der Waals surface area contributed by atoms with Gasteiger partial charge in [0.25, 0.3) is 0 Å². The van der Waals surface area contributed by atoms with Gasteiger partial charge in [0.05, 0.1) is 0 Å². The molecule has 0 atom stereocenters. The third kappa shape index (κ3) is 1.42. The lowest BCUT2D eigenvalue weighted by Gasteiger charge is -2.04. The maximum atomic E-state index is 5.85. The molecule has 0 amide bonds. The predicted octanol–water partition coefficient (Wildman–Crippen LogP) is 1.08. The zero-order valence-corrected chi connectivity index (χ0v) is 9.20. The molecule has 0 aliphatic heterocycles. The fraction of sp³-hybridized carbons (Fsp3) is 0.0909. The zero-order valence-electron chi connectivity index (χ0n) is 9.20. The van der Waals surface area contributed by atoms with Crippen LogP contribution in [0.25, 0.3) is 17.0 Å². The number of aryl methyl sites for hydroxylation is 1. The number of nitrogen functional groups attached to an aromatic ring is 1. The van der Waals surface area contributed by atoms with Gasteiger partial charge >= 0.3 is 0 Å². The molecule has 0 spiro atoms. The van der Waals surface area contributed by atoms with E-state index in [1.54, 1.807) is 29.1 Å². The summed E-state index contributed by atoms with van der Waals surface area (Å²) >= 11 is 0. The van der Waals surface area contributed by atoms with Gasteiger partial charge in [-0.2, -0.15) is 0 Å². The minimum Gasteiger partial charge on any atom is -0.369 e. The third-order valence-electron chi connectivity index (χ3n) is 2.61. The Morgan fingerprint density at radius 2 is 2.06 bits per heavy atom. The molecule has 3 rings (SSSR count). The fourth-order valence-corrected chi connectivity index (χ4v) is 1.77. The monoisotopic (exact) mass is 226 g/mol. The summed E-state index contributed by atoms with van der Waals surface area (Å²) in [5.41, 5.74) is 8.50. The molecule has 0 aromatic carbocycles. The van der Waals surface area contributed by atoms with E-state index in [0.29, 0.717) is 17.4 Å². The average molecular weight is 226 g/mol. The van der Waals surface area contributed by atoms with E-state index in [0.717, 1.165) is 11.1 Å². The number of fused-ring (bicyclic) bond motifs is 1. The summed E-state index contributed by atoms with van der Waals surface area (Å²) in [4.78, 5) is 8.09. The first-order valence-electron chi connectivity index (χ1n) is 5.14. The molecule has 3 heterocycles. The number of aromatic nitrogens is 5. The van der Waals surface area contributed by atoms with Crippen molar-refractivity contribution in [3.05, 3.63) is 36.3 Å². The lowest BCUT2D eigenvalue weighted by Crippen LogP contribution is -2.01. The van der Waals surface area contributed by atoms with Gasteiger partial charge in [-0.05, 0) is 18.6 Å². The van der Waals surface area contributed by atoms with E-state index in [1.165, 1.54) is 0 Å². The maximum absolute atomic E-state index is 5.85. The molecule has 0 fully saturated rings. The molecule has 0 aliphatic carbocycles. The molecule has 17 heavy (non-hydrogen) atoms. The molecule has 0 saturated heterocycles. The Morgan fingerprint density at radius 1 is 1.18 bits per heavy atom. The summed E-state index contributed by atoms with van der Waals surface area (Å²) in [6.07, 6.45) is 5.11. The van der Waals surface area contributed by atoms with Crippen molar-refractivity contribution in [3.63, 3.8) is 0 Å². The van der Waals surface area contributed by atoms with Crippen LogP contribution in [0.2, 0.25) is 0 Å². The van der Waals surface area contributed by atoms with E-state index in [2.05, 4.69) is 20.2 Å². The fourth-order valence-electron chi connectivity index (χ4n) is 1.77. The van der Waals surface area contributed by atoms with Crippen LogP contribution in [0.5, 0.6) is 0 Å². The normalized spacial score (nSPS) is 10.9. The topological polar surface area (TPSA) is 82.0 Å². The number of pyridine rings is 1. The standard InChI is InChI=1S/C11H10N6/c1-7-6-13-4-2-8(7)10-16-15-9-3-5-14-11(12)17(9)10/h2-6H,1H3,(H2,12,14).